The molecular weight excluding hydrogens is 215 g/mol. The van der Waals surface area contributed by atoms with E-state index < -0.39 is 6.17 Å². The average Bonchev–Trinajstić information content (AvgIpc) is 2.39. The minimum absolute atomic E-state index is 0.320. The number of rotatable bonds is 3. The van der Waals surface area contributed by atoms with Gasteiger partial charge in [0.1, 0.15) is 12.5 Å². The Morgan fingerprint density at radius 1 is 1.18 bits per heavy atom. The molecule has 2 heteroatoms. The first-order valence-electron chi connectivity index (χ1n) is 6.39. The first-order valence-corrected chi connectivity index (χ1v) is 6.39. The number of benzene rings is 1. The van der Waals surface area contributed by atoms with Crippen molar-refractivity contribution in [3.05, 3.63) is 35.4 Å². The molecule has 0 aliphatic heterocycles. The van der Waals surface area contributed by atoms with E-state index in [9.17, 15) is 9.18 Å². The van der Waals surface area contributed by atoms with E-state index in [1.807, 2.05) is 12.1 Å². The maximum Gasteiger partial charge on any atom is 0.150 e. The Bertz CT molecular complexity index is 374. The van der Waals surface area contributed by atoms with Crippen molar-refractivity contribution in [3.63, 3.8) is 0 Å². The van der Waals surface area contributed by atoms with Gasteiger partial charge in [-0.3, -0.25) is 4.79 Å². The number of carbonyl (C=O) groups excluding carboxylic acids is 1. The van der Waals surface area contributed by atoms with Gasteiger partial charge < -0.3 is 0 Å². The van der Waals surface area contributed by atoms with Crippen molar-refractivity contribution < 1.29 is 9.18 Å². The predicted molar refractivity (Wildman–Crippen MR) is 67.2 cm³/mol. The zero-order chi connectivity index (χ0) is 12.3. The molecule has 17 heavy (non-hydrogen) atoms. The van der Waals surface area contributed by atoms with Gasteiger partial charge in [-0.15, -0.1) is 0 Å². The lowest BCUT2D eigenvalue weighted by Gasteiger charge is -2.39. The molecule has 0 spiro atoms. The van der Waals surface area contributed by atoms with Crippen molar-refractivity contribution in [2.45, 2.75) is 50.6 Å². The molecule has 1 saturated carbocycles. The molecule has 1 aromatic rings. The van der Waals surface area contributed by atoms with Crippen LogP contribution < -0.4 is 0 Å². The minimum Gasteiger partial charge on any atom is -0.298 e. The summed E-state index contributed by atoms with van der Waals surface area (Å²) >= 11 is 0. The second-order valence-electron chi connectivity index (χ2n) is 5.07. The van der Waals surface area contributed by atoms with Gasteiger partial charge in [-0.2, -0.15) is 0 Å². The van der Waals surface area contributed by atoms with Crippen molar-refractivity contribution in [1.29, 1.82) is 0 Å². The lowest BCUT2D eigenvalue weighted by molar-refractivity contribution is 0.112. The summed E-state index contributed by atoms with van der Waals surface area (Å²) in [5.41, 5.74) is 1.39. The summed E-state index contributed by atoms with van der Waals surface area (Å²) < 4.78 is 14.0. The van der Waals surface area contributed by atoms with Crippen molar-refractivity contribution >= 4 is 6.29 Å². The van der Waals surface area contributed by atoms with Gasteiger partial charge >= 0.3 is 0 Å². The van der Waals surface area contributed by atoms with Crippen LogP contribution in [0.15, 0.2) is 24.3 Å². The van der Waals surface area contributed by atoms with Gasteiger partial charge in [0.15, 0.2) is 0 Å². The maximum absolute atomic E-state index is 14.0. The quantitative estimate of drug-likeness (QED) is 0.721. The topological polar surface area (TPSA) is 17.1 Å². The summed E-state index contributed by atoms with van der Waals surface area (Å²) in [5, 5.41) is 0. The fourth-order valence-electron chi connectivity index (χ4n) is 2.99. The molecule has 92 valence electrons. The molecular formula is C15H19FO. The molecule has 1 atom stereocenters. The summed E-state index contributed by atoms with van der Waals surface area (Å²) in [7, 11) is 0. The van der Waals surface area contributed by atoms with Crippen LogP contribution in [0.25, 0.3) is 0 Å². The summed E-state index contributed by atoms with van der Waals surface area (Å²) in [6, 6.07) is 7.43. The third kappa shape index (κ3) is 2.26. The second kappa shape index (κ2) is 4.99. The third-order valence-electron chi connectivity index (χ3n) is 4.13. The molecule has 0 amide bonds. The Labute approximate surface area is 102 Å². The Kier molecular flexibility index (Phi) is 3.60. The molecule has 0 radical (unpaired) electrons. The van der Waals surface area contributed by atoms with E-state index in [1.54, 1.807) is 19.1 Å². The maximum atomic E-state index is 14.0. The van der Waals surface area contributed by atoms with E-state index in [0.29, 0.717) is 5.56 Å². The van der Waals surface area contributed by atoms with E-state index in [1.165, 1.54) is 6.42 Å². The minimum atomic E-state index is -0.829. The lowest BCUT2D eigenvalue weighted by Crippen LogP contribution is -2.37. The fourth-order valence-corrected chi connectivity index (χ4v) is 2.99. The van der Waals surface area contributed by atoms with Gasteiger partial charge in [-0.1, -0.05) is 43.5 Å². The fraction of sp³-hybridized carbons (Fsp3) is 0.533. The normalized spacial score (nSPS) is 20.8. The standard InChI is InChI=1S/C15H19FO/c1-12(16)15(9-3-2-4-10-15)14-7-5-13(11-17)6-8-14/h5-8,11-12H,2-4,9-10H2,1H3. The number of alkyl halides is 1. The second-order valence-corrected chi connectivity index (χ2v) is 5.07. The highest BCUT2D eigenvalue weighted by Gasteiger charge is 2.39. The number of hydrogen-bond donors (Lipinski definition) is 0. The zero-order valence-electron chi connectivity index (χ0n) is 10.3. The summed E-state index contributed by atoms with van der Waals surface area (Å²) in [6.45, 7) is 1.67. The van der Waals surface area contributed by atoms with Crippen molar-refractivity contribution in [2.75, 3.05) is 0 Å². The lowest BCUT2D eigenvalue weighted by atomic mass is 9.67. The number of hydrogen-bond acceptors (Lipinski definition) is 1. The smallest absolute Gasteiger partial charge is 0.150 e. The van der Waals surface area contributed by atoms with Crippen LogP contribution in [0.2, 0.25) is 0 Å². The zero-order valence-corrected chi connectivity index (χ0v) is 10.3. The van der Waals surface area contributed by atoms with E-state index in [4.69, 9.17) is 0 Å². The van der Waals surface area contributed by atoms with Gasteiger partial charge in [-0.05, 0) is 25.3 Å². The summed E-state index contributed by atoms with van der Waals surface area (Å²) in [5.74, 6) is 0. The van der Waals surface area contributed by atoms with Crippen LogP contribution in [0.5, 0.6) is 0 Å². The van der Waals surface area contributed by atoms with Gasteiger partial charge in [0, 0.05) is 11.0 Å². The summed E-state index contributed by atoms with van der Waals surface area (Å²) in [6.07, 6.45) is 5.26. The van der Waals surface area contributed by atoms with Crippen LogP contribution in [-0.4, -0.2) is 12.5 Å². The first-order chi connectivity index (χ1) is 8.19. The molecule has 0 aromatic heterocycles. The first kappa shape index (κ1) is 12.3. The monoisotopic (exact) mass is 234 g/mol. The SMILES string of the molecule is CC(F)C1(c2ccc(C=O)cc2)CCCCC1. The largest absolute Gasteiger partial charge is 0.298 e. The van der Waals surface area contributed by atoms with E-state index in [2.05, 4.69) is 0 Å². The average molecular weight is 234 g/mol. The molecule has 0 bridgehead atoms. The summed E-state index contributed by atoms with van der Waals surface area (Å²) in [4.78, 5) is 10.6. The highest BCUT2D eigenvalue weighted by atomic mass is 19.1. The Morgan fingerprint density at radius 3 is 2.24 bits per heavy atom. The Hall–Kier alpha value is -1.18. The van der Waals surface area contributed by atoms with E-state index in [-0.39, 0.29) is 5.41 Å². The molecule has 1 fully saturated rings. The molecule has 0 saturated heterocycles. The van der Waals surface area contributed by atoms with Gasteiger partial charge in [0.2, 0.25) is 0 Å². The highest BCUT2D eigenvalue weighted by molar-refractivity contribution is 5.74. The Balaban J connectivity index is 2.34. The molecule has 1 aromatic carbocycles. The van der Waals surface area contributed by atoms with Crippen molar-refractivity contribution in [1.82, 2.24) is 0 Å². The third-order valence-corrected chi connectivity index (χ3v) is 4.13. The van der Waals surface area contributed by atoms with E-state index in [0.717, 1.165) is 37.5 Å². The number of halogens is 1. The van der Waals surface area contributed by atoms with Crippen molar-refractivity contribution in [2.24, 2.45) is 0 Å². The molecule has 1 unspecified atom stereocenters. The van der Waals surface area contributed by atoms with Gasteiger partial charge in [0.25, 0.3) is 0 Å². The predicted octanol–water partition coefficient (Wildman–Crippen LogP) is 4.06. The molecule has 2 rings (SSSR count). The molecule has 0 N–H and O–H groups in total. The number of carbonyl (C=O) groups is 1. The van der Waals surface area contributed by atoms with Crippen LogP contribution >= 0.6 is 0 Å². The number of aldehydes is 1. The molecule has 0 heterocycles. The van der Waals surface area contributed by atoms with Crippen molar-refractivity contribution in [3.8, 4) is 0 Å². The molecule has 1 aliphatic carbocycles. The van der Waals surface area contributed by atoms with Gasteiger partial charge in [-0.25, -0.2) is 4.39 Å². The Morgan fingerprint density at radius 2 is 1.76 bits per heavy atom. The van der Waals surface area contributed by atoms with Crippen LogP contribution in [0.3, 0.4) is 0 Å². The molecule has 1 aliphatic rings. The van der Waals surface area contributed by atoms with Crippen LogP contribution in [0.1, 0.15) is 54.9 Å². The van der Waals surface area contributed by atoms with Gasteiger partial charge in [0.05, 0.1) is 0 Å². The van der Waals surface area contributed by atoms with E-state index >= 15 is 0 Å². The van der Waals surface area contributed by atoms with Crippen LogP contribution in [0.4, 0.5) is 4.39 Å². The molecule has 1 nitrogen and oxygen atoms in total. The van der Waals surface area contributed by atoms with Crippen LogP contribution in [0, 0.1) is 0 Å². The highest BCUT2D eigenvalue weighted by Crippen LogP contribution is 2.43. The van der Waals surface area contributed by atoms with Crippen LogP contribution in [-0.2, 0) is 5.41 Å².